The molecule has 112 valence electrons. The van der Waals surface area contributed by atoms with Crippen molar-refractivity contribution in [1.82, 2.24) is 5.32 Å². The Morgan fingerprint density at radius 2 is 2.05 bits per heavy atom. The minimum Gasteiger partial charge on any atom is -0.371 e. The fourth-order valence-electron chi connectivity index (χ4n) is 3.00. The van der Waals surface area contributed by atoms with Gasteiger partial charge in [0.25, 0.3) is 0 Å². The molecule has 0 amide bonds. The van der Waals surface area contributed by atoms with Crippen LogP contribution in [0.2, 0.25) is 0 Å². The van der Waals surface area contributed by atoms with E-state index in [0.29, 0.717) is 11.5 Å². The first-order chi connectivity index (χ1) is 9.32. The maximum absolute atomic E-state index is 3.62. The number of anilines is 1. The topological polar surface area (TPSA) is 15.3 Å². The molecule has 1 aliphatic heterocycles. The van der Waals surface area contributed by atoms with Gasteiger partial charge in [-0.1, -0.05) is 42.8 Å². The van der Waals surface area contributed by atoms with E-state index in [1.54, 1.807) is 0 Å². The average molecular weight is 339 g/mol. The molecule has 1 aromatic rings. The Hall–Kier alpha value is -0.540. The molecule has 0 spiro atoms. The van der Waals surface area contributed by atoms with Crippen molar-refractivity contribution in [2.24, 2.45) is 11.3 Å². The first-order valence-corrected chi connectivity index (χ1v) is 8.34. The third kappa shape index (κ3) is 3.37. The normalized spacial score (nSPS) is 21.3. The number of halogens is 1. The van der Waals surface area contributed by atoms with E-state index in [1.165, 1.54) is 35.2 Å². The monoisotopic (exact) mass is 338 g/mol. The Kier molecular flexibility index (Phi) is 4.80. The predicted molar refractivity (Wildman–Crippen MR) is 91.4 cm³/mol. The van der Waals surface area contributed by atoms with Gasteiger partial charge in [-0.2, -0.15) is 0 Å². The average Bonchev–Trinajstić information content (AvgIpc) is 2.87. The highest BCUT2D eigenvalue weighted by Gasteiger charge is 2.32. The molecule has 0 aliphatic carbocycles. The van der Waals surface area contributed by atoms with Gasteiger partial charge in [-0.15, -0.1) is 0 Å². The highest BCUT2D eigenvalue weighted by molar-refractivity contribution is 9.10. The molecular weight excluding hydrogens is 312 g/mol. The van der Waals surface area contributed by atoms with Gasteiger partial charge in [-0.05, 0) is 49.4 Å². The molecule has 2 unspecified atom stereocenters. The number of rotatable bonds is 3. The summed E-state index contributed by atoms with van der Waals surface area (Å²) in [6, 6.07) is 7.04. The molecule has 1 aromatic carbocycles. The van der Waals surface area contributed by atoms with Crippen molar-refractivity contribution in [2.45, 2.75) is 40.2 Å². The molecule has 0 radical (unpaired) electrons. The van der Waals surface area contributed by atoms with Crippen LogP contribution in [0.5, 0.6) is 0 Å². The van der Waals surface area contributed by atoms with Gasteiger partial charge >= 0.3 is 0 Å². The van der Waals surface area contributed by atoms with Gasteiger partial charge in [0.15, 0.2) is 0 Å². The van der Waals surface area contributed by atoms with E-state index in [1.807, 2.05) is 7.05 Å². The fourth-order valence-corrected chi connectivity index (χ4v) is 3.35. The maximum atomic E-state index is 3.62. The summed E-state index contributed by atoms with van der Waals surface area (Å²) in [7, 11) is 2.03. The molecule has 0 saturated carbocycles. The van der Waals surface area contributed by atoms with Gasteiger partial charge in [0.05, 0.1) is 0 Å². The smallest absolute Gasteiger partial charge is 0.0426 e. The summed E-state index contributed by atoms with van der Waals surface area (Å²) in [4.78, 5) is 2.56. The number of hydrogen-bond donors (Lipinski definition) is 1. The van der Waals surface area contributed by atoms with E-state index in [0.717, 1.165) is 5.92 Å². The van der Waals surface area contributed by atoms with Crippen LogP contribution >= 0.6 is 15.9 Å². The number of nitrogens with zero attached hydrogens (tertiary/aromatic N) is 1. The standard InChI is InChI=1S/C17H27BrN2/c1-12(19-5)15-7-6-14(18)10-16(15)20-9-8-13(11-20)17(2,3)4/h6-7,10,12-13,19H,8-9,11H2,1-5H3. The Labute approximate surface area is 132 Å². The van der Waals surface area contributed by atoms with Crippen LogP contribution in [0, 0.1) is 11.3 Å². The molecule has 1 fully saturated rings. The van der Waals surface area contributed by atoms with Crippen molar-refractivity contribution in [3.8, 4) is 0 Å². The number of benzene rings is 1. The van der Waals surface area contributed by atoms with Crippen LogP contribution < -0.4 is 10.2 Å². The largest absolute Gasteiger partial charge is 0.371 e. The molecule has 20 heavy (non-hydrogen) atoms. The molecule has 1 N–H and O–H groups in total. The Bertz CT molecular complexity index is 465. The van der Waals surface area contributed by atoms with Crippen LogP contribution in [0.15, 0.2) is 22.7 Å². The third-order valence-electron chi connectivity index (χ3n) is 4.65. The molecule has 1 saturated heterocycles. The zero-order chi connectivity index (χ0) is 14.9. The van der Waals surface area contributed by atoms with Crippen molar-refractivity contribution >= 4 is 21.6 Å². The molecular formula is C17H27BrN2. The molecule has 3 heteroatoms. The Morgan fingerprint density at radius 1 is 1.35 bits per heavy atom. The number of nitrogens with one attached hydrogen (secondary N) is 1. The predicted octanol–water partition coefficient (Wildman–Crippen LogP) is 4.60. The van der Waals surface area contributed by atoms with Crippen LogP contribution in [0.3, 0.4) is 0 Å². The second-order valence-corrected chi connectivity index (χ2v) is 7.93. The molecule has 2 rings (SSSR count). The van der Waals surface area contributed by atoms with Crippen LogP contribution in [0.1, 0.15) is 45.7 Å². The quantitative estimate of drug-likeness (QED) is 0.866. The third-order valence-corrected chi connectivity index (χ3v) is 5.14. The molecule has 1 aliphatic rings. The highest BCUT2D eigenvalue weighted by Crippen LogP contribution is 2.38. The first kappa shape index (κ1) is 15.8. The van der Waals surface area contributed by atoms with Crippen molar-refractivity contribution in [2.75, 3.05) is 25.0 Å². The molecule has 0 aromatic heterocycles. The van der Waals surface area contributed by atoms with Gasteiger partial charge in [-0.25, -0.2) is 0 Å². The van der Waals surface area contributed by atoms with E-state index < -0.39 is 0 Å². The van der Waals surface area contributed by atoms with Crippen molar-refractivity contribution in [3.05, 3.63) is 28.2 Å². The van der Waals surface area contributed by atoms with Crippen LogP contribution in [-0.4, -0.2) is 20.1 Å². The minimum absolute atomic E-state index is 0.381. The van der Waals surface area contributed by atoms with Gasteiger partial charge < -0.3 is 10.2 Å². The van der Waals surface area contributed by atoms with Crippen LogP contribution in [-0.2, 0) is 0 Å². The lowest BCUT2D eigenvalue weighted by molar-refractivity contribution is 0.263. The van der Waals surface area contributed by atoms with Gasteiger partial charge in [-0.3, -0.25) is 0 Å². The highest BCUT2D eigenvalue weighted by atomic mass is 79.9. The van der Waals surface area contributed by atoms with Crippen LogP contribution in [0.25, 0.3) is 0 Å². The lowest BCUT2D eigenvalue weighted by Crippen LogP contribution is -2.27. The minimum atomic E-state index is 0.381. The summed E-state index contributed by atoms with van der Waals surface area (Å²) in [6.07, 6.45) is 1.30. The fraction of sp³-hybridized carbons (Fsp3) is 0.647. The SMILES string of the molecule is CNC(C)c1ccc(Br)cc1N1CCC(C(C)(C)C)C1. The maximum Gasteiger partial charge on any atom is 0.0426 e. The summed E-state index contributed by atoms with van der Waals surface area (Å²) in [5.74, 6) is 0.777. The van der Waals surface area contributed by atoms with Gasteiger partial charge in [0.1, 0.15) is 0 Å². The van der Waals surface area contributed by atoms with E-state index in [2.05, 4.69) is 72.0 Å². The second kappa shape index (κ2) is 6.07. The molecule has 2 atom stereocenters. The van der Waals surface area contributed by atoms with E-state index >= 15 is 0 Å². The number of hydrogen-bond acceptors (Lipinski definition) is 2. The van der Waals surface area contributed by atoms with Crippen molar-refractivity contribution in [1.29, 1.82) is 0 Å². The summed E-state index contributed by atoms with van der Waals surface area (Å²) < 4.78 is 1.17. The van der Waals surface area contributed by atoms with E-state index in [-0.39, 0.29) is 0 Å². The zero-order valence-corrected chi connectivity index (χ0v) is 14.9. The van der Waals surface area contributed by atoms with Gasteiger partial charge in [0.2, 0.25) is 0 Å². The summed E-state index contributed by atoms with van der Waals surface area (Å²) >= 11 is 3.62. The summed E-state index contributed by atoms with van der Waals surface area (Å²) in [5.41, 5.74) is 3.17. The van der Waals surface area contributed by atoms with E-state index in [9.17, 15) is 0 Å². The molecule has 1 heterocycles. The van der Waals surface area contributed by atoms with Crippen LogP contribution in [0.4, 0.5) is 5.69 Å². The van der Waals surface area contributed by atoms with E-state index in [4.69, 9.17) is 0 Å². The Morgan fingerprint density at radius 3 is 2.60 bits per heavy atom. The Balaban J connectivity index is 2.27. The summed E-state index contributed by atoms with van der Waals surface area (Å²) in [6.45, 7) is 11.6. The van der Waals surface area contributed by atoms with Gasteiger partial charge in [0, 0.05) is 29.3 Å². The second-order valence-electron chi connectivity index (χ2n) is 7.01. The molecule has 0 bridgehead atoms. The van der Waals surface area contributed by atoms with Crippen molar-refractivity contribution < 1.29 is 0 Å². The first-order valence-electron chi connectivity index (χ1n) is 7.54. The van der Waals surface area contributed by atoms with Crippen molar-refractivity contribution in [3.63, 3.8) is 0 Å². The zero-order valence-electron chi connectivity index (χ0n) is 13.3. The lowest BCUT2D eigenvalue weighted by Gasteiger charge is -2.29. The lowest BCUT2D eigenvalue weighted by atomic mass is 9.80. The molecule has 2 nitrogen and oxygen atoms in total. The summed E-state index contributed by atoms with van der Waals surface area (Å²) in [5, 5.41) is 3.36.